The molecule has 0 saturated heterocycles. The third-order valence-electron chi connectivity index (χ3n) is 4.95. The number of hydrogen-bond donors (Lipinski definition) is 2. The fourth-order valence-electron chi connectivity index (χ4n) is 3.53. The molecule has 3 N–H and O–H groups in total. The molecule has 0 aliphatic rings. The summed E-state index contributed by atoms with van der Waals surface area (Å²) in [4.78, 5) is 13.9. The zero-order valence-electron chi connectivity index (χ0n) is 16.9. The molecule has 2 aromatic heterocycles. The summed E-state index contributed by atoms with van der Waals surface area (Å²) in [5.41, 5.74) is 9.35. The molecule has 6 nitrogen and oxygen atoms in total. The van der Waals surface area contributed by atoms with E-state index in [1.807, 2.05) is 49.6 Å². The molecule has 0 amide bonds. The number of nitriles is 1. The molecule has 2 heterocycles. The van der Waals surface area contributed by atoms with Crippen LogP contribution >= 0.6 is 11.8 Å². The second-order valence-electron chi connectivity index (χ2n) is 6.89. The summed E-state index contributed by atoms with van der Waals surface area (Å²) in [7, 11) is 0. The molecule has 0 aliphatic heterocycles. The number of halogens is 1. The number of hydrogen-bond acceptors (Lipinski definition) is 7. The smallest absolute Gasteiger partial charge is 0.150 e. The van der Waals surface area contributed by atoms with E-state index in [1.54, 1.807) is 17.8 Å². The van der Waals surface area contributed by atoms with E-state index in [-0.39, 0.29) is 23.2 Å². The Hall–Kier alpha value is -3.70. The first-order valence-corrected chi connectivity index (χ1v) is 10.8. The molecule has 31 heavy (non-hydrogen) atoms. The average molecular weight is 431 g/mol. The Morgan fingerprint density at radius 2 is 1.94 bits per heavy atom. The highest BCUT2D eigenvalue weighted by Crippen LogP contribution is 2.40. The van der Waals surface area contributed by atoms with Crippen molar-refractivity contribution in [2.45, 2.75) is 17.9 Å². The number of nitrogen functional groups attached to an aromatic ring is 1. The number of rotatable bonds is 5. The van der Waals surface area contributed by atoms with Crippen LogP contribution in [0.15, 0.2) is 59.8 Å². The van der Waals surface area contributed by atoms with Crippen molar-refractivity contribution < 1.29 is 4.39 Å². The van der Waals surface area contributed by atoms with Crippen LogP contribution in [0, 0.1) is 17.1 Å². The zero-order chi connectivity index (χ0) is 22.0. The Bertz CT molecular complexity index is 1300. The molecule has 4 aromatic rings. The van der Waals surface area contributed by atoms with Crippen LogP contribution in [-0.4, -0.2) is 21.2 Å². The summed E-state index contributed by atoms with van der Waals surface area (Å²) in [6.45, 7) is 1.94. The van der Waals surface area contributed by atoms with E-state index in [2.05, 4.69) is 15.3 Å². The van der Waals surface area contributed by atoms with Gasteiger partial charge in [0.25, 0.3) is 0 Å². The molecule has 0 fully saturated rings. The Morgan fingerprint density at radius 3 is 2.65 bits per heavy atom. The summed E-state index contributed by atoms with van der Waals surface area (Å²) < 4.78 is 14.0. The topological polar surface area (TPSA) is 101 Å². The number of nitrogens with two attached hydrogens (primary N) is 1. The summed E-state index contributed by atoms with van der Waals surface area (Å²) in [6.07, 6.45) is 3.28. The first-order valence-electron chi connectivity index (χ1n) is 9.53. The maximum Gasteiger partial charge on any atom is 0.150 e. The Morgan fingerprint density at radius 1 is 1.16 bits per heavy atom. The number of pyridine rings is 1. The van der Waals surface area contributed by atoms with Crippen molar-refractivity contribution in [1.82, 2.24) is 15.0 Å². The van der Waals surface area contributed by atoms with E-state index < -0.39 is 0 Å². The van der Waals surface area contributed by atoms with Crippen LogP contribution in [0.3, 0.4) is 0 Å². The summed E-state index contributed by atoms with van der Waals surface area (Å²) in [6, 6.07) is 16.2. The lowest BCUT2D eigenvalue weighted by Crippen LogP contribution is -2.14. The molecular weight excluding hydrogens is 411 g/mol. The second kappa shape index (κ2) is 8.58. The minimum absolute atomic E-state index is 0.113. The van der Waals surface area contributed by atoms with Gasteiger partial charge in [0.15, 0.2) is 0 Å². The summed E-state index contributed by atoms with van der Waals surface area (Å²) in [5, 5.41) is 13.5. The van der Waals surface area contributed by atoms with Crippen molar-refractivity contribution in [1.29, 1.82) is 5.26 Å². The minimum Gasteiger partial charge on any atom is -0.382 e. The van der Waals surface area contributed by atoms with Gasteiger partial charge in [0.1, 0.15) is 35.4 Å². The molecule has 0 bridgehead atoms. The largest absolute Gasteiger partial charge is 0.382 e. The van der Waals surface area contributed by atoms with E-state index >= 15 is 0 Å². The number of aromatic nitrogens is 3. The average Bonchev–Trinajstić information content (AvgIpc) is 2.78. The van der Waals surface area contributed by atoms with Crippen LogP contribution in [0.5, 0.6) is 0 Å². The molecule has 1 unspecified atom stereocenters. The van der Waals surface area contributed by atoms with E-state index in [0.717, 1.165) is 27.1 Å². The quantitative estimate of drug-likeness (QED) is 0.421. The molecular formula is C23H19FN6S. The lowest BCUT2D eigenvalue weighted by atomic mass is 9.97. The van der Waals surface area contributed by atoms with E-state index in [9.17, 15) is 9.65 Å². The highest BCUT2D eigenvalue weighted by atomic mass is 32.2. The van der Waals surface area contributed by atoms with Crippen LogP contribution < -0.4 is 11.1 Å². The number of anilines is 2. The highest BCUT2D eigenvalue weighted by molar-refractivity contribution is 7.99. The van der Waals surface area contributed by atoms with Gasteiger partial charge in [0.05, 0.1) is 17.3 Å². The maximum absolute atomic E-state index is 14.0. The predicted octanol–water partition coefficient (Wildman–Crippen LogP) is 5.18. The fraction of sp³-hybridized carbons (Fsp3) is 0.130. The van der Waals surface area contributed by atoms with Crippen LogP contribution in [0.4, 0.5) is 16.0 Å². The van der Waals surface area contributed by atoms with Gasteiger partial charge >= 0.3 is 0 Å². The molecule has 2 aromatic carbocycles. The Kier molecular flexibility index (Phi) is 5.69. The molecule has 0 spiro atoms. The summed E-state index contributed by atoms with van der Waals surface area (Å²) in [5.74, 6) is 0.146. The Balaban J connectivity index is 1.94. The van der Waals surface area contributed by atoms with Gasteiger partial charge in [0, 0.05) is 15.8 Å². The third kappa shape index (κ3) is 3.88. The van der Waals surface area contributed by atoms with E-state index in [1.165, 1.54) is 18.5 Å². The first kappa shape index (κ1) is 20.6. The van der Waals surface area contributed by atoms with Gasteiger partial charge in [-0.2, -0.15) is 5.26 Å². The van der Waals surface area contributed by atoms with Gasteiger partial charge in [-0.05, 0) is 36.9 Å². The van der Waals surface area contributed by atoms with Crippen molar-refractivity contribution in [3.05, 3.63) is 71.9 Å². The molecule has 154 valence electrons. The van der Waals surface area contributed by atoms with Crippen molar-refractivity contribution in [3.63, 3.8) is 0 Å². The second-order valence-corrected chi connectivity index (χ2v) is 7.71. The Labute approximate surface area is 183 Å². The molecule has 0 radical (unpaired) electrons. The number of fused-ring (bicyclic) bond motifs is 1. The van der Waals surface area contributed by atoms with Crippen LogP contribution in [0.1, 0.15) is 24.2 Å². The van der Waals surface area contributed by atoms with E-state index in [0.29, 0.717) is 11.3 Å². The first-order chi connectivity index (χ1) is 15.0. The number of nitrogens with one attached hydrogen (secondary N) is 1. The van der Waals surface area contributed by atoms with Gasteiger partial charge in [-0.25, -0.2) is 19.3 Å². The van der Waals surface area contributed by atoms with Crippen molar-refractivity contribution >= 4 is 34.3 Å². The molecule has 0 aliphatic carbocycles. The number of thioether (sulfide) groups is 1. The van der Waals surface area contributed by atoms with Gasteiger partial charge < -0.3 is 11.1 Å². The number of nitrogens with zero attached hydrogens (tertiary/aromatic N) is 4. The van der Waals surface area contributed by atoms with Crippen molar-refractivity contribution in [2.75, 3.05) is 17.3 Å². The molecule has 8 heteroatoms. The minimum atomic E-state index is -0.322. The van der Waals surface area contributed by atoms with Crippen LogP contribution in [0.25, 0.3) is 22.0 Å². The molecule has 1 atom stereocenters. The van der Waals surface area contributed by atoms with Crippen LogP contribution in [0.2, 0.25) is 0 Å². The van der Waals surface area contributed by atoms with Gasteiger partial charge in [-0.15, -0.1) is 11.8 Å². The van der Waals surface area contributed by atoms with E-state index in [4.69, 9.17) is 10.7 Å². The predicted molar refractivity (Wildman–Crippen MR) is 122 cm³/mol. The monoisotopic (exact) mass is 430 g/mol. The normalized spacial score (nSPS) is 11.8. The van der Waals surface area contributed by atoms with Crippen molar-refractivity contribution in [3.8, 4) is 17.2 Å². The SMILES string of the molecule is CSc1c(-c2ccccc2)c(C(C)Nc2ncnc(N)c2C#N)nc2ccc(F)cc12. The number of benzene rings is 2. The molecule has 0 saturated carbocycles. The van der Waals surface area contributed by atoms with Crippen molar-refractivity contribution in [2.24, 2.45) is 0 Å². The fourth-order valence-corrected chi connectivity index (χ4v) is 4.34. The van der Waals surface area contributed by atoms with Crippen LogP contribution in [-0.2, 0) is 0 Å². The highest BCUT2D eigenvalue weighted by Gasteiger charge is 2.22. The zero-order valence-corrected chi connectivity index (χ0v) is 17.7. The standard InChI is InChI=1S/C23H19FN6S/c1-13(29-23-17(11-25)22(26)27-12-28-23)20-19(14-6-4-3-5-7-14)21(31-2)16-10-15(24)8-9-18(16)30-20/h3-10,12-13H,1-2H3,(H3,26,27,28,29). The lowest BCUT2D eigenvalue weighted by molar-refractivity contribution is 0.629. The lowest BCUT2D eigenvalue weighted by Gasteiger charge is -2.22. The van der Waals surface area contributed by atoms with Gasteiger partial charge in [-0.3, -0.25) is 0 Å². The maximum atomic E-state index is 14.0. The summed E-state index contributed by atoms with van der Waals surface area (Å²) >= 11 is 1.54. The van der Waals surface area contributed by atoms with Gasteiger partial charge in [-0.1, -0.05) is 30.3 Å². The van der Waals surface area contributed by atoms with Gasteiger partial charge in [0.2, 0.25) is 0 Å². The third-order valence-corrected chi connectivity index (χ3v) is 5.78. The molecule has 4 rings (SSSR count).